The van der Waals surface area contributed by atoms with Crippen molar-refractivity contribution in [2.24, 2.45) is 11.8 Å². The Bertz CT molecular complexity index is 846. The summed E-state index contributed by atoms with van der Waals surface area (Å²) < 4.78 is 5.23. The molecule has 29 heavy (non-hydrogen) atoms. The van der Waals surface area contributed by atoms with E-state index >= 15 is 0 Å². The molecule has 4 atom stereocenters. The van der Waals surface area contributed by atoms with Crippen LogP contribution in [0.3, 0.4) is 0 Å². The number of nitrogens with one attached hydrogen (secondary N) is 1. The summed E-state index contributed by atoms with van der Waals surface area (Å²) in [4.78, 5) is 25.7. The summed E-state index contributed by atoms with van der Waals surface area (Å²) >= 11 is 0. The zero-order valence-corrected chi connectivity index (χ0v) is 16.0. The van der Waals surface area contributed by atoms with Crippen LogP contribution in [0.5, 0.6) is 0 Å². The molecule has 0 radical (unpaired) electrons. The lowest BCUT2D eigenvalue weighted by Crippen LogP contribution is -2.23. The van der Waals surface area contributed by atoms with Crippen LogP contribution in [0.25, 0.3) is 0 Å². The molecule has 2 fully saturated rings. The number of aliphatic hydroxyl groups is 1. The minimum Gasteiger partial charge on any atom is -0.394 e. The standard InChI is InChI=1S/C17H26N10O2/c18-14-22-12(23-15(19)26-14)10-6-8-5-9(10)11(7-8)13-24-16(20)27-17(25-13)21-1-3-29-4-2-28/h8-11,28H,1-7H2,(H4,18,19,22,23,26)(H3,20,21,24,25,27). The minimum absolute atomic E-state index is 0.00720. The summed E-state index contributed by atoms with van der Waals surface area (Å²) in [5.74, 6) is 3.37. The Morgan fingerprint density at radius 1 is 0.828 bits per heavy atom. The average Bonchev–Trinajstić information content (AvgIpc) is 3.28. The summed E-state index contributed by atoms with van der Waals surface area (Å²) in [7, 11) is 0. The van der Waals surface area contributed by atoms with Crippen LogP contribution in [-0.2, 0) is 4.74 Å². The van der Waals surface area contributed by atoms with Gasteiger partial charge in [-0.1, -0.05) is 0 Å². The van der Waals surface area contributed by atoms with E-state index in [0.29, 0.717) is 49.2 Å². The average molecular weight is 402 g/mol. The van der Waals surface area contributed by atoms with Crippen LogP contribution in [0.1, 0.15) is 42.7 Å². The number of nitrogens with two attached hydrogens (primary N) is 3. The molecule has 2 aliphatic rings. The van der Waals surface area contributed by atoms with E-state index in [0.717, 1.165) is 19.3 Å². The largest absolute Gasteiger partial charge is 0.394 e. The summed E-state index contributed by atoms with van der Waals surface area (Å²) in [5.41, 5.74) is 17.5. The number of aromatic nitrogens is 6. The number of nitrogens with zero attached hydrogens (tertiary/aromatic N) is 6. The van der Waals surface area contributed by atoms with Gasteiger partial charge in [0, 0.05) is 18.4 Å². The normalized spacial score (nSPS) is 25.4. The predicted octanol–water partition coefficient (Wildman–Crippen LogP) is -0.479. The van der Waals surface area contributed by atoms with Gasteiger partial charge in [0.25, 0.3) is 0 Å². The molecule has 156 valence electrons. The van der Waals surface area contributed by atoms with Gasteiger partial charge in [-0.05, 0) is 31.1 Å². The van der Waals surface area contributed by atoms with Gasteiger partial charge in [0.2, 0.25) is 23.8 Å². The summed E-state index contributed by atoms with van der Waals surface area (Å²) in [6.07, 6.45) is 3.06. The molecule has 4 rings (SSSR count). The van der Waals surface area contributed by atoms with Crippen molar-refractivity contribution in [3.05, 3.63) is 11.6 Å². The molecular weight excluding hydrogens is 376 g/mol. The van der Waals surface area contributed by atoms with Crippen LogP contribution in [0.2, 0.25) is 0 Å². The summed E-state index contributed by atoms with van der Waals surface area (Å²) in [5, 5.41) is 11.8. The second kappa shape index (κ2) is 8.25. The van der Waals surface area contributed by atoms with Crippen LogP contribution >= 0.6 is 0 Å². The first kappa shape index (κ1) is 19.5. The van der Waals surface area contributed by atoms with Crippen LogP contribution in [0.4, 0.5) is 23.8 Å². The molecule has 8 N–H and O–H groups in total. The molecular formula is C17H26N10O2. The van der Waals surface area contributed by atoms with Crippen molar-refractivity contribution in [3.8, 4) is 0 Å². The fraction of sp³-hybridized carbons (Fsp3) is 0.647. The molecule has 2 aliphatic carbocycles. The Kier molecular flexibility index (Phi) is 5.53. The maximum absolute atomic E-state index is 8.74. The molecule has 0 aliphatic heterocycles. The van der Waals surface area contributed by atoms with Crippen molar-refractivity contribution in [2.75, 3.05) is 48.9 Å². The number of nitrogen functional groups attached to an aromatic ring is 3. The number of rotatable bonds is 8. The highest BCUT2D eigenvalue weighted by Gasteiger charge is 2.49. The minimum atomic E-state index is -0.00720. The van der Waals surface area contributed by atoms with Crippen LogP contribution in [-0.4, -0.2) is 61.4 Å². The fourth-order valence-electron chi connectivity index (χ4n) is 4.59. The molecule has 2 aromatic heterocycles. The number of anilines is 4. The third-order valence-electron chi connectivity index (χ3n) is 5.60. The van der Waals surface area contributed by atoms with Gasteiger partial charge < -0.3 is 32.4 Å². The summed E-state index contributed by atoms with van der Waals surface area (Å²) in [6, 6.07) is 0. The topological polar surface area (TPSA) is 197 Å². The SMILES string of the molecule is Nc1nc(N)nc(C2CC3CC(c4nc(N)nc(NCCOCCO)n4)C2C3)n1. The molecule has 0 spiro atoms. The molecule has 0 amide bonds. The molecule has 2 bridgehead atoms. The molecule has 2 saturated carbocycles. The lowest BCUT2D eigenvalue weighted by atomic mass is 9.79. The van der Waals surface area contributed by atoms with Gasteiger partial charge in [0.1, 0.15) is 11.6 Å². The third kappa shape index (κ3) is 4.27. The van der Waals surface area contributed by atoms with Crippen molar-refractivity contribution in [2.45, 2.75) is 31.1 Å². The number of hydrogen-bond donors (Lipinski definition) is 5. The highest BCUT2D eigenvalue weighted by atomic mass is 16.5. The molecule has 2 heterocycles. The van der Waals surface area contributed by atoms with E-state index in [9.17, 15) is 0 Å². The highest BCUT2D eigenvalue weighted by Crippen LogP contribution is 2.58. The Hall–Kier alpha value is -2.86. The maximum atomic E-state index is 8.74. The number of aliphatic hydroxyl groups excluding tert-OH is 1. The lowest BCUT2D eigenvalue weighted by Gasteiger charge is -2.27. The summed E-state index contributed by atoms with van der Waals surface area (Å²) in [6.45, 7) is 1.23. The van der Waals surface area contributed by atoms with Crippen molar-refractivity contribution in [1.29, 1.82) is 0 Å². The van der Waals surface area contributed by atoms with Gasteiger partial charge in [0.05, 0.1) is 19.8 Å². The monoisotopic (exact) mass is 402 g/mol. The number of ether oxygens (including phenoxy) is 1. The fourth-order valence-corrected chi connectivity index (χ4v) is 4.59. The van der Waals surface area contributed by atoms with Crippen molar-refractivity contribution in [1.82, 2.24) is 29.9 Å². The van der Waals surface area contributed by atoms with E-state index in [4.69, 9.17) is 27.0 Å². The molecule has 2 aromatic rings. The second-order valence-electron chi connectivity index (χ2n) is 7.50. The number of fused-ring (bicyclic) bond motifs is 2. The highest BCUT2D eigenvalue weighted by molar-refractivity contribution is 5.33. The third-order valence-corrected chi connectivity index (χ3v) is 5.60. The second-order valence-corrected chi connectivity index (χ2v) is 7.50. The molecule has 12 nitrogen and oxygen atoms in total. The smallest absolute Gasteiger partial charge is 0.227 e. The first-order chi connectivity index (χ1) is 14.0. The van der Waals surface area contributed by atoms with Crippen molar-refractivity contribution >= 4 is 23.8 Å². The van der Waals surface area contributed by atoms with Gasteiger partial charge in [-0.15, -0.1) is 0 Å². The molecule has 0 aromatic carbocycles. The van der Waals surface area contributed by atoms with E-state index < -0.39 is 0 Å². The van der Waals surface area contributed by atoms with E-state index in [1.54, 1.807) is 0 Å². The van der Waals surface area contributed by atoms with E-state index in [-0.39, 0.29) is 36.3 Å². The number of hydrogen-bond acceptors (Lipinski definition) is 12. The maximum Gasteiger partial charge on any atom is 0.227 e. The van der Waals surface area contributed by atoms with E-state index in [1.165, 1.54) is 0 Å². The van der Waals surface area contributed by atoms with Crippen LogP contribution in [0, 0.1) is 11.8 Å². The van der Waals surface area contributed by atoms with Gasteiger partial charge in [0.15, 0.2) is 0 Å². The van der Waals surface area contributed by atoms with Gasteiger partial charge in [-0.25, -0.2) is 0 Å². The first-order valence-electron chi connectivity index (χ1n) is 9.74. The zero-order valence-electron chi connectivity index (χ0n) is 16.0. The van der Waals surface area contributed by atoms with Gasteiger partial charge in [-0.3, -0.25) is 0 Å². The quantitative estimate of drug-likeness (QED) is 0.356. The van der Waals surface area contributed by atoms with E-state index in [1.807, 2.05) is 0 Å². The molecule has 12 heteroatoms. The Morgan fingerprint density at radius 2 is 1.45 bits per heavy atom. The van der Waals surface area contributed by atoms with Gasteiger partial charge in [-0.2, -0.15) is 29.9 Å². The van der Waals surface area contributed by atoms with Crippen LogP contribution in [0.15, 0.2) is 0 Å². The predicted molar refractivity (Wildman–Crippen MR) is 106 cm³/mol. The van der Waals surface area contributed by atoms with Crippen molar-refractivity contribution in [3.63, 3.8) is 0 Å². The van der Waals surface area contributed by atoms with Crippen molar-refractivity contribution < 1.29 is 9.84 Å². The van der Waals surface area contributed by atoms with E-state index in [2.05, 4.69) is 35.2 Å². The van der Waals surface area contributed by atoms with Crippen LogP contribution < -0.4 is 22.5 Å². The lowest BCUT2D eigenvalue weighted by molar-refractivity contribution is 0.0991. The Balaban J connectivity index is 1.49. The van der Waals surface area contributed by atoms with Gasteiger partial charge >= 0.3 is 0 Å². The zero-order chi connectivity index (χ0) is 20.4. The Labute approximate surface area is 167 Å². The first-order valence-corrected chi connectivity index (χ1v) is 9.74. The molecule has 4 unspecified atom stereocenters. The Morgan fingerprint density at radius 3 is 2.07 bits per heavy atom. The molecule has 0 saturated heterocycles.